The van der Waals surface area contributed by atoms with Crippen LogP contribution in [0.4, 0.5) is 0 Å². The Morgan fingerprint density at radius 3 is 2.33 bits per heavy atom. The summed E-state index contributed by atoms with van der Waals surface area (Å²) in [5.41, 5.74) is 0.752. The van der Waals surface area contributed by atoms with Crippen LogP contribution in [0.1, 0.15) is 18.6 Å². The zero-order valence-electron chi connectivity index (χ0n) is 9.98. The molecule has 0 aromatic heterocycles. The number of hydrogen-bond donors (Lipinski definition) is 2. The quantitative estimate of drug-likeness (QED) is 0.825. The van der Waals surface area contributed by atoms with Crippen LogP contribution >= 0.6 is 0 Å². The summed E-state index contributed by atoms with van der Waals surface area (Å²) in [5.74, 6) is 0.0796. The summed E-state index contributed by atoms with van der Waals surface area (Å²) in [5, 5.41) is 18.9. The van der Waals surface area contributed by atoms with Crippen LogP contribution in [0.3, 0.4) is 0 Å². The molecule has 2 unspecified atom stereocenters. The van der Waals surface area contributed by atoms with Crippen LogP contribution in [-0.2, 0) is 9.84 Å². The van der Waals surface area contributed by atoms with Crippen molar-refractivity contribution >= 4 is 9.84 Å². The third kappa shape index (κ3) is 3.01. The van der Waals surface area contributed by atoms with Crippen molar-refractivity contribution in [1.82, 2.24) is 0 Å². The molecule has 18 heavy (non-hydrogen) atoms. The van der Waals surface area contributed by atoms with E-state index < -0.39 is 28.1 Å². The van der Waals surface area contributed by atoms with E-state index in [0.717, 1.165) is 5.56 Å². The van der Waals surface area contributed by atoms with Gasteiger partial charge >= 0.3 is 0 Å². The molecule has 0 saturated carbocycles. The predicted molar refractivity (Wildman–Crippen MR) is 66.2 cm³/mol. The molecule has 0 bridgehead atoms. The molecule has 0 spiro atoms. The summed E-state index contributed by atoms with van der Waals surface area (Å²) < 4.78 is 28.1. The zero-order chi connectivity index (χ0) is 13.3. The highest BCUT2D eigenvalue weighted by Crippen LogP contribution is 2.22. The van der Waals surface area contributed by atoms with E-state index in [-0.39, 0.29) is 11.5 Å². The third-order valence-electron chi connectivity index (χ3n) is 2.92. The van der Waals surface area contributed by atoms with Gasteiger partial charge in [-0.05, 0) is 24.6 Å². The predicted octanol–water partition coefficient (Wildman–Crippen LogP) is 0.277. The average Bonchev–Trinajstić information content (AvgIpc) is 2.52. The molecule has 1 aliphatic heterocycles. The van der Waals surface area contributed by atoms with Gasteiger partial charge in [0.15, 0.2) is 9.84 Å². The Kier molecular flexibility index (Phi) is 3.61. The molecular formula is C12H16O5S. The van der Waals surface area contributed by atoms with Gasteiger partial charge in [0, 0.05) is 0 Å². The Hall–Kier alpha value is -1.11. The lowest BCUT2D eigenvalue weighted by Crippen LogP contribution is -2.29. The van der Waals surface area contributed by atoms with E-state index in [0.29, 0.717) is 5.75 Å². The van der Waals surface area contributed by atoms with Crippen molar-refractivity contribution in [2.24, 2.45) is 0 Å². The SMILES string of the molecule is C[C@H](O)c1ccc(OC2CS(=O)(=O)CC2O)cc1. The summed E-state index contributed by atoms with van der Waals surface area (Å²) in [6, 6.07) is 6.71. The van der Waals surface area contributed by atoms with E-state index in [2.05, 4.69) is 0 Å². The Balaban J connectivity index is 2.06. The van der Waals surface area contributed by atoms with Crippen molar-refractivity contribution in [3.8, 4) is 5.75 Å². The van der Waals surface area contributed by atoms with Crippen LogP contribution in [0.15, 0.2) is 24.3 Å². The highest BCUT2D eigenvalue weighted by atomic mass is 32.2. The molecule has 2 N–H and O–H groups in total. The maximum atomic E-state index is 11.3. The second kappa shape index (κ2) is 4.87. The molecule has 0 amide bonds. The highest BCUT2D eigenvalue weighted by Gasteiger charge is 2.38. The maximum Gasteiger partial charge on any atom is 0.156 e. The first kappa shape index (κ1) is 13.3. The van der Waals surface area contributed by atoms with Gasteiger partial charge in [-0.1, -0.05) is 12.1 Å². The standard InChI is InChI=1S/C12H16O5S/c1-8(13)9-2-4-10(5-3-9)17-12-7-18(15,16)6-11(12)14/h2-5,8,11-14H,6-7H2,1H3/t8-,11?,12?/m0/s1. The molecule has 1 aliphatic rings. The lowest BCUT2D eigenvalue weighted by atomic mass is 10.1. The lowest BCUT2D eigenvalue weighted by molar-refractivity contribution is 0.0737. The molecule has 1 heterocycles. The molecule has 1 aromatic carbocycles. The molecule has 6 heteroatoms. The number of benzene rings is 1. The molecule has 1 fully saturated rings. The second-order valence-electron chi connectivity index (χ2n) is 4.55. The molecular weight excluding hydrogens is 256 g/mol. The van der Waals surface area contributed by atoms with E-state index in [1.807, 2.05) is 0 Å². The molecule has 0 radical (unpaired) electrons. The zero-order valence-corrected chi connectivity index (χ0v) is 10.8. The summed E-state index contributed by atoms with van der Waals surface area (Å²) in [6.07, 6.45) is -2.25. The van der Waals surface area contributed by atoms with Gasteiger partial charge in [-0.15, -0.1) is 0 Å². The number of rotatable bonds is 3. The van der Waals surface area contributed by atoms with Crippen LogP contribution < -0.4 is 4.74 Å². The first-order chi connectivity index (χ1) is 8.37. The van der Waals surface area contributed by atoms with E-state index >= 15 is 0 Å². The van der Waals surface area contributed by atoms with Gasteiger partial charge in [-0.25, -0.2) is 8.42 Å². The summed E-state index contributed by atoms with van der Waals surface area (Å²) in [7, 11) is -3.20. The monoisotopic (exact) mass is 272 g/mol. The first-order valence-electron chi connectivity index (χ1n) is 5.70. The molecule has 0 aliphatic carbocycles. The van der Waals surface area contributed by atoms with Crippen molar-refractivity contribution in [3.63, 3.8) is 0 Å². The van der Waals surface area contributed by atoms with E-state index in [1.54, 1.807) is 31.2 Å². The minimum atomic E-state index is -3.20. The fourth-order valence-corrected chi connectivity index (χ4v) is 3.57. The van der Waals surface area contributed by atoms with Gasteiger partial charge in [0.25, 0.3) is 0 Å². The van der Waals surface area contributed by atoms with E-state index in [9.17, 15) is 18.6 Å². The fourth-order valence-electron chi connectivity index (χ4n) is 1.91. The van der Waals surface area contributed by atoms with Gasteiger partial charge in [-0.3, -0.25) is 0 Å². The fraction of sp³-hybridized carbons (Fsp3) is 0.500. The van der Waals surface area contributed by atoms with Gasteiger partial charge in [-0.2, -0.15) is 0 Å². The van der Waals surface area contributed by atoms with Crippen LogP contribution in [0.25, 0.3) is 0 Å². The minimum absolute atomic E-state index is 0.160. The Morgan fingerprint density at radius 2 is 1.89 bits per heavy atom. The van der Waals surface area contributed by atoms with Gasteiger partial charge < -0.3 is 14.9 Å². The summed E-state index contributed by atoms with van der Waals surface area (Å²) >= 11 is 0. The van der Waals surface area contributed by atoms with Crippen LogP contribution in [-0.4, -0.2) is 42.3 Å². The topological polar surface area (TPSA) is 83.8 Å². The number of hydrogen-bond acceptors (Lipinski definition) is 5. The normalized spacial score (nSPS) is 27.9. The molecule has 1 saturated heterocycles. The summed E-state index contributed by atoms with van der Waals surface area (Å²) in [6.45, 7) is 1.66. The lowest BCUT2D eigenvalue weighted by Gasteiger charge is -2.16. The Morgan fingerprint density at radius 1 is 1.28 bits per heavy atom. The Labute approximate surface area is 106 Å². The smallest absolute Gasteiger partial charge is 0.156 e. The third-order valence-corrected chi connectivity index (χ3v) is 4.61. The number of ether oxygens (including phenoxy) is 1. The second-order valence-corrected chi connectivity index (χ2v) is 6.70. The van der Waals surface area contributed by atoms with Crippen molar-refractivity contribution < 1.29 is 23.4 Å². The van der Waals surface area contributed by atoms with Crippen molar-refractivity contribution in [2.75, 3.05) is 11.5 Å². The molecule has 5 nitrogen and oxygen atoms in total. The molecule has 1 aromatic rings. The average molecular weight is 272 g/mol. The number of sulfone groups is 1. The summed E-state index contributed by atoms with van der Waals surface area (Å²) in [4.78, 5) is 0. The van der Waals surface area contributed by atoms with Crippen LogP contribution in [0.2, 0.25) is 0 Å². The van der Waals surface area contributed by atoms with Crippen LogP contribution in [0, 0.1) is 0 Å². The van der Waals surface area contributed by atoms with Gasteiger partial charge in [0.1, 0.15) is 18.0 Å². The van der Waals surface area contributed by atoms with Crippen molar-refractivity contribution in [2.45, 2.75) is 25.2 Å². The van der Waals surface area contributed by atoms with Crippen LogP contribution in [0.5, 0.6) is 5.75 Å². The largest absolute Gasteiger partial charge is 0.487 e. The van der Waals surface area contributed by atoms with Crippen molar-refractivity contribution in [1.29, 1.82) is 0 Å². The number of aliphatic hydroxyl groups excluding tert-OH is 2. The molecule has 3 atom stereocenters. The van der Waals surface area contributed by atoms with Crippen molar-refractivity contribution in [3.05, 3.63) is 29.8 Å². The van der Waals surface area contributed by atoms with Gasteiger partial charge in [0.2, 0.25) is 0 Å². The highest BCUT2D eigenvalue weighted by molar-refractivity contribution is 7.91. The number of aliphatic hydroxyl groups is 2. The molecule has 2 rings (SSSR count). The van der Waals surface area contributed by atoms with Gasteiger partial charge in [0.05, 0.1) is 17.6 Å². The first-order valence-corrected chi connectivity index (χ1v) is 7.53. The molecule has 100 valence electrons. The minimum Gasteiger partial charge on any atom is -0.487 e. The van der Waals surface area contributed by atoms with E-state index in [4.69, 9.17) is 4.74 Å². The Bertz CT molecular complexity index is 506. The maximum absolute atomic E-state index is 11.3. The van der Waals surface area contributed by atoms with E-state index in [1.165, 1.54) is 0 Å².